The molecule has 1 aromatic heterocycles. The molecule has 0 saturated carbocycles. The fourth-order valence-electron chi connectivity index (χ4n) is 3.05. The summed E-state index contributed by atoms with van der Waals surface area (Å²) in [5.74, 6) is 8.46. The van der Waals surface area contributed by atoms with E-state index in [1.165, 1.54) is 56.1 Å². The molecule has 1 aromatic rings. The van der Waals surface area contributed by atoms with Gasteiger partial charge in [0.15, 0.2) is 0 Å². The summed E-state index contributed by atoms with van der Waals surface area (Å²) in [7, 11) is 0. The first-order valence-corrected chi connectivity index (χ1v) is 11.0. The molecule has 158 valence electrons. The van der Waals surface area contributed by atoms with Gasteiger partial charge >= 0.3 is 0 Å². The fraction of sp³-hybridized carbons (Fsp3) is 0.737. The Morgan fingerprint density at radius 2 is 2.07 bits per heavy atom. The minimum Gasteiger partial charge on any atom is -0.477 e. The van der Waals surface area contributed by atoms with E-state index in [4.69, 9.17) is 9.99 Å². The van der Waals surface area contributed by atoms with Gasteiger partial charge in [0.2, 0.25) is 5.88 Å². The lowest BCUT2D eigenvalue weighted by Gasteiger charge is -2.25. The molecule has 1 saturated heterocycles. The highest BCUT2D eigenvalue weighted by atomic mass is 32.2. The molecule has 0 aromatic carbocycles. The number of nitrogens with zero attached hydrogens (tertiary/aromatic N) is 3. The van der Waals surface area contributed by atoms with E-state index in [0.29, 0.717) is 0 Å². The number of hydrogen-bond donors (Lipinski definition) is 1. The number of unbranched alkanes of at least 4 members (excludes halogenated alkanes) is 1. The van der Waals surface area contributed by atoms with Crippen LogP contribution in [-0.4, -0.2) is 64.3 Å². The summed E-state index contributed by atoms with van der Waals surface area (Å²) < 4.78 is 7.91. The molecule has 2 aliphatic heterocycles. The number of thioether (sulfide) groups is 1. The Bertz CT molecular complexity index is 573. The average Bonchev–Trinajstić information content (AvgIpc) is 3.15. The van der Waals surface area contributed by atoms with E-state index in [-0.39, 0.29) is 6.61 Å². The van der Waals surface area contributed by atoms with E-state index in [9.17, 15) is 0 Å². The van der Waals surface area contributed by atoms with Crippen molar-refractivity contribution in [2.24, 2.45) is 0 Å². The molecular weight excluding hydrogens is 382 g/mol. The van der Waals surface area contributed by atoms with E-state index < -0.39 is 0 Å². The van der Waals surface area contributed by atoms with E-state index in [0.717, 1.165) is 31.9 Å². The van der Waals surface area contributed by atoms with Gasteiger partial charge in [0.25, 0.3) is 0 Å². The van der Waals surface area contributed by atoms with Gasteiger partial charge < -0.3 is 9.64 Å². The Hall–Kier alpha value is -1.28. The highest BCUT2D eigenvalue weighted by molar-refractivity contribution is 7.99. The Morgan fingerprint density at radius 1 is 1.21 bits per heavy atom. The smallest absolute Gasteiger partial charge is 0.232 e. The lowest BCUT2D eigenvalue weighted by Crippen LogP contribution is -2.33. The maximum Gasteiger partial charge on any atom is 0.232 e. The van der Waals surface area contributed by atoms with Crippen LogP contribution in [0, 0.1) is 11.8 Å². The van der Waals surface area contributed by atoms with Gasteiger partial charge in [-0.3, -0.25) is 4.68 Å². The third-order valence-electron chi connectivity index (χ3n) is 4.50. The zero-order valence-corrected chi connectivity index (χ0v) is 17.4. The minimum absolute atomic E-state index is 0.0804. The molecule has 0 amide bonds. The summed E-state index contributed by atoms with van der Waals surface area (Å²) >= 11 is 2.08. The second kappa shape index (κ2) is 14.7. The van der Waals surface area contributed by atoms with Crippen LogP contribution in [0.5, 0.6) is 5.88 Å². The molecule has 0 radical (unpaired) electrons. The first-order chi connectivity index (χ1) is 13.8. The van der Waals surface area contributed by atoms with Gasteiger partial charge in [0.05, 0.1) is 6.61 Å². The summed E-state index contributed by atoms with van der Waals surface area (Å²) in [5, 5.41) is 18.7. The summed E-state index contributed by atoms with van der Waals surface area (Å²) in [6.07, 6.45) is 6.06. The zero-order chi connectivity index (χ0) is 19.9. The van der Waals surface area contributed by atoms with E-state index in [1.807, 2.05) is 0 Å². The quantitative estimate of drug-likeness (QED) is 0.287. The van der Waals surface area contributed by atoms with Crippen molar-refractivity contribution in [3.05, 3.63) is 11.8 Å². The van der Waals surface area contributed by atoms with Crippen LogP contribution in [0.4, 0.5) is 0 Å². The fourth-order valence-corrected chi connectivity index (χ4v) is 4.03. The number of rotatable bonds is 9. The molecule has 0 bridgehead atoms. The zero-order valence-electron chi connectivity index (χ0n) is 16.6. The molecule has 3 rings (SSSR count). The molecule has 1 fully saturated rings. The maximum atomic E-state index is 7.47. The third kappa shape index (κ3) is 9.28. The Morgan fingerprint density at radius 3 is 2.82 bits per heavy atom. The monoisotopic (exact) mass is 413 g/mol. The molecule has 0 aliphatic carbocycles. The minimum atomic E-state index is 0.0804. The molecule has 3 heterocycles. The van der Waals surface area contributed by atoms with E-state index in [2.05, 4.69) is 59.3 Å². The Kier molecular flexibility index (Phi) is 12.1. The number of hydrogen-bond acceptors (Lipinski definition) is 8. The Balaban J connectivity index is 0.000000300. The number of aromatic nitrogens is 2. The first-order valence-electron chi connectivity index (χ1n) is 9.82. The third-order valence-corrected chi connectivity index (χ3v) is 5.44. The molecule has 1 N–H and O–H groups in total. The summed E-state index contributed by atoms with van der Waals surface area (Å²) in [6, 6.07) is 2.13. The summed E-state index contributed by atoms with van der Waals surface area (Å²) in [6.45, 7) is 7.35. The van der Waals surface area contributed by atoms with Gasteiger partial charge in [0, 0.05) is 42.9 Å². The number of ether oxygens (including phenoxy) is 1. The van der Waals surface area contributed by atoms with Crippen LogP contribution in [0.15, 0.2) is 6.07 Å². The highest BCUT2D eigenvalue weighted by Crippen LogP contribution is 2.19. The maximum absolute atomic E-state index is 7.47. The van der Waals surface area contributed by atoms with Gasteiger partial charge in [0.1, 0.15) is 6.61 Å². The van der Waals surface area contributed by atoms with Crippen LogP contribution in [0.2, 0.25) is 0 Å². The predicted molar refractivity (Wildman–Crippen MR) is 108 cm³/mol. The van der Waals surface area contributed by atoms with E-state index in [1.54, 1.807) is 6.92 Å². The average molecular weight is 414 g/mol. The van der Waals surface area contributed by atoms with Gasteiger partial charge in [-0.15, -0.1) is 11.0 Å². The molecule has 0 spiro atoms. The second-order valence-corrected chi connectivity index (χ2v) is 7.72. The first kappa shape index (κ1) is 23.0. The van der Waals surface area contributed by atoms with Crippen molar-refractivity contribution in [1.29, 1.82) is 0 Å². The van der Waals surface area contributed by atoms with Gasteiger partial charge in [-0.25, -0.2) is 5.26 Å². The largest absolute Gasteiger partial charge is 0.477 e. The van der Waals surface area contributed by atoms with Crippen molar-refractivity contribution >= 4 is 11.8 Å². The van der Waals surface area contributed by atoms with Gasteiger partial charge in [-0.2, -0.15) is 16.6 Å². The molecular formula is C19H31N3O5S. The molecule has 2 aliphatic rings. The molecule has 0 unspecified atom stereocenters. The van der Waals surface area contributed by atoms with Crippen molar-refractivity contribution in [3.8, 4) is 17.7 Å². The normalized spacial score (nSPS) is 16.4. The van der Waals surface area contributed by atoms with Crippen molar-refractivity contribution in [3.63, 3.8) is 0 Å². The lowest BCUT2D eigenvalue weighted by atomic mass is 10.1. The Labute approximate surface area is 171 Å². The van der Waals surface area contributed by atoms with Crippen molar-refractivity contribution < 1.29 is 25.0 Å². The van der Waals surface area contributed by atoms with Crippen LogP contribution in [0.25, 0.3) is 0 Å². The molecule has 9 heteroatoms. The molecule has 28 heavy (non-hydrogen) atoms. The van der Waals surface area contributed by atoms with Crippen LogP contribution in [0.3, 0.4) is 0 Å². The standard InChI is InChI=1S/C15H25N3OS.C4H6O4/c1-2-7-18-14(5-1)13-15(16-18)19-10-4-3-6-17-8-11-20-12-9-17;1-2-3-4-6-8-7-5/h13H,1-12H2;5H,4H2,1H3. The SMILES string of the molecule is CC#CCOOOO.c1c(OCCCCN2CCSCC2)nn2c1CCCC2. The molecule has 8 nitrogen and oxygen atoms in total. The van der Waals surface area contributed by atoms with Crippen molar-refractivity contribution in [2.75, 3.05) is 44.4 Å². The topological polar surface area (TPSA) is 78.2 Å². The molecule has 0 atom stereocenters. The van der Waals surface area contributed by atoms with Crippen molar-refractivity contribution in [2.45, 2.75) is 45.6 Å². The lowest BCUT2D eigenvalue weighted by molar-refractivity contribution is -0.620. The van der Waals surface area contributed by atoms with Crippen molar-refractivity contribution in [1.82, 2.24) is 14.7 Å². The van der Waals surface area contributed by atoms with E-state index >= 15 is 0 Å². The summed E-state index contributed by atoms with van der Waals surface area (Å²) in [4.78, 5) is 6.65. The predicted octanol–water partition coefficient (Wildman–Crippen LogP) is 2.79. The van der Waals surface area contributed by atoms with Crippen LogP contribution < -0.4 is 4.74 Å². The summed E-state index contributed by atoms with van der Waals surface area (Å²) in [5.41, 5.74) is 1.34. The van der Waals surface area contributed by atoms with Crippen LogP contribution >= 0.6 is 11.8 Å². The van der Waals surface area contributed by atoms with Gasteiger partial charge in [-0.05, 0) is 55.6 Å². The van der Waals surface area contributed by atoms with Gasteiger partial charge in [-0.1, -0.05) is 5.92 Å². The van der Waals surface area contributed by atoms with Crippen LogP contribution in [0.1, 0.15) is 38.3 Å². The van der Waals surface area contributed by atoms with Crippen LogP contribution in [-0.2, 0) is 27.9 Å². The number of aryl methyl sites for hydroxylation is 2. The highest BCUT2D eigenvalue weighted by Gasteiger charge is 2.13. The second-order valence-electron chi connectivity index (χ2n) is 6.50. The number of fused-ring (bicyclic) bond motifs is 1.